The van der Waals surface area contributed by atoms with E-state index in [1.165, 1.54) is 6.07 Å². The number of rotatable bonds is 2. The van der Waals surface area contributed by atoms with Gasteiger partial charge in [-0.05, 0) is 38.4 Å². The molecule has 0 amide bonds. The standard InChI is InChI=1S/C15H19NO4S/c17-14(18)15(16-9-4-1-5-10-16)8-11-21(19,20)13-7-3-2-6-12(13)15/h2-3,6-7H,1,4-5,8-11H2,(H,17,18). The summed E-state index contributed by atoms with van der Waals surface area (Å²) in [5.41, 5.74) is -0.756. The maximum absolute atomic E-state index is 12.3. The smallest absolute Gasteiger partial charge is 0.328 e. The molecule has 2 aliphatic heterocycles. The molecule has 3 rings (SSSR count). The zero-order valence-corrected chi connectivity index (χ0v) is 12.6. The molecule has 2 aliphatic rings. The van der Waals surface area contributed by atoms with Gasteiger partial charge in [-0.15, -0.1) is 0 Å². The average molecular weight is 309 g/mol. The van der Waals surface area contributed by atoms with Gasteiger partial charge in [0.1, 0.15) is 5.54 Å². The highest BCUT2D eigenvalue weighted by molar-refractivity contribution is 7.91. The SMILES string of the molecule is O=C(O)C1(N2CCCCC2)CCS(=O)(=O)c2ccccc21. The van der Waals surface area contributed by atoms with Crippen LogP contribution in [0.25, 0.3) is 0 Å². The predicted molar refractivity (Wildman–Crippen MR) is 77.8 cm³/mol. The molecule has 1 unspecified atom stereocenters. The number of hydrogen-bond acceptors (Lipinski definition) is 4. The van der Waals surface area contributed by atoms with Crippen LogP contribution in [0.5, 0.6) is 0 Å². The van der Waals surface area contributed by atoms with Gasteiger partial charge in [0, 0.05) is 5.56 Å². The summed E-state index contributed by atoms with van der Waals surface area (Å²) in [4.78, 5) is 14.3. The van der Waals surface area contributed by atoms with Gasteiger partial charge in [-0.2, -0.15) is 0 Å². The Morgan fingerprint density at radius 3 is 2.48 bits per heavy atom. The second-order valence-corrected chi connectivity index (χ2v) is 7.86. The first-order valence-corrected chi connectivity index (χ1v) is 8.94. The van der Waals surface area contributed by atoms with Crippen molar-refractivity contribution in [1.29, 1.82) is 0 Å². The van der Waals surface area contributed by atoms with Gasteiger partial charge in [-0.3, -0.25) is 4.90 Å². The molecule has 1 N–H and O–H groups in total. The van der Waals surface area contributed by atoms with Gasteiger partial charge < -0.3 is 5.11 Å². The van der Waals surface area contributed by atoms with E-state index >= 15 is 0 Å². The summed E-state index contributed by atoms with van der Waals surface area (Å²) in [7, 11) is -3.38. The van der Waals surface area contributed by atoms with Crippen molar-refractivity contribution in [2.45, 2.75) is 36.1 Å². The van der Waals surface area contributed by atoms with Crippen LogP contribution in [-0.2, 0) is 20.2 Å². The summed E-state index contributed by atoms with van der Waals surface area (Å²) in [6, 6.07) is 6.58. The number of sulfone groups is 1. The van der Waals surface area contributed by atoms with Crippen molar-refractivity contribution in [1.82, 2.24) is 4.90 Å². The van der Waals surface area contributed by atoms with Crippen LogP contribution in [-0.4, -0.2) is 43.2 Å². The van der Waals surface area contributed by atoms with E-state index in [4.69, 9.17) is 0 Å². The molecule has 0 aromatic heterocycles. The van der Waals surface area contributed by atoms with Gasteiger partial charge in [0.15, 0.2) is 9.84 Å². The summed E-state index contributed by atoms with van der Waals surface area (Å²) in [6.07, 6.45) is 3.15. The summed E-state index contributed by atoms with van der Waals surface area (Å²) < 4.78 is 24.5. The molecule has 0 aliphatic carbocycles. The van der Waals surface area contributed by atoms with Crippen LogP contribution < -0.4 is 0 Å². The molecule has 0 spiro atoms. The number of hydrogen-bond donors (Lipinski definition) is 1. The van der Waals surface area contributed by atoms with E-state index in [1.54, 1.807) is 18.2 Å². The zero-order chi connectivity index (χ0) is 15.1. The zero-order valence-electron chi connectivity index (χ0n) is 11.8. The highest BCUT2D eigenvalue weighted by atomic mass is 32.2. The van der Waals surface area contributed by atoms with Crippen molar-refractivity contribution in [3.63, 3.8) is 0 Å². The molecule has 1 saturated heterocycles. The Hall–Kier alpha value is -1.40. The second kappa shape index (κ2) is 5.10. The molecule has 1 aromatic rings. The molecule has 0 bridgehead atoms. The first-order chi connectivity index (χ1) is 9.98. The van der Waals surface area contributed by atoms with Crippen LogP contribution >= 0.6 is 0 Å². The van der Waals surface area contributed by atoms with Gasteiger partial charge in [0.05, 0.1) is 10.6 Å². The van der Waals surface area contributed by atoms with Crippen molar-refractivity contribution in [2.75, 3.05) is 18.8 Å². The van der Waals surface area contributed by atoms with Crippen LogP contribution in [0.4, 0.5) is 0 Å². The number of fused-ring (bicyclic) bond motifs is 1. The minimum atomic E-state index is -3.38. The molecule has 6 heteroatoms. The molecule has 1 aromatic carbocycles. The Labute approximate surface area is 124 Å². The Bertz CT molecular complexity index is 664. The lowest BCUT2D eigenvalue weighted by Crippen LogP contribution is -2.56. The monoisotopic (exact) mass is 309 g/mol. The van der Waals surface area contributed by atoms with Gasteiger partial charge in [-0.1, -0.05) is 24.6 Å². The van der Waals surface area contributed by atoms with Crippen molar-refractivity contribution < 1.29 is 18.3 Å². The first kappa shape index (κ1) is 14.5. The van der Waals surface area contributed by atoms with E-state index in [-0.39, 0.29) is 17.1 Å². The van der Waals surface area contributed by atoms with Gasteiger partial charge >= 0.3 is 5.97 Å². The average Bonchev–Trinajstić information content (AvgIpc) is 2.48. The third kappa shape index (κ3) is 2.17. The largest absolute Gasteiger partial charge is 0.480 e. The van der Waals surface area contributed by atoms with Crippen LogP contribution in [0, 0.1) is 0 Å². The number of carboxylic acid groups (broad SMARTS) is 1. The Balaban J connectivity index is 2.20. The topological polar surface area (TPSA) is 74.7 Å². The van der Waals surface area contributed by atoms with Crippen LogP contribution in [0.3, 0.4) is 0 Å². The molecule has 114 valence electrons. The van der Waals surface area contributed by atoms with Crippen molar-refractivity contribution in [3.05, 3.63) is 29.8 Å². The molecule has 0 saturated carbocycles. The normalized spacial score (nSPS) is 28.8. The Kier molecular flexibility index (Phi) is 3.53. The molecular formula is C15H19NO4S. The third-order valence-electron chi connectivity index (χ3n) is 4.65. The van der Waals surface area contributed by atoms with Crippen molar-refractivity contribution in [2.24, 2.45) is 0 Å². The van der Waals surface area contributed by atoms with E-state index < -0.39 is 21.3 Å². The fourth-order valence-electron chi connectivity index (χ4n) is 3.57. The van der Waals surface area contributed by atoms with Crippen LogP contribution in [0.1, 0.15) is 31.2 Å². The van der Waals surface area contributed by atoms with E-state index in [0.717, 1.165) is 19.3 Å². The lowest BCUT2D eigenvalue weighted by atomic mass is 9.83. The fraction of sp³-hybridized carbons (Fsp3) is 0.533. The number of nitrogens with zero attached hydrogens (tertiary/aromatic N) is 1. The lowest BCUT2D eigenvalue weighted by molar-refractivity contribution is -0.154. The number of carboxylic acids is 1. The molecule has 1 atom stereocenters. The quantitative estimate of drug-likeness (QED) is 0.898. The van der Waals surface area contributed by atoms with Gasteiger partial charge in [0.25, 0.3) is 0 Å². The fourth-order valence-corrected chi connectivity index (χ4v) is 5.21. The van der Waals surface area contributed by atoms with E-state index in [9.17, 15) is 18.3 Å². The predicted octanol–water partition coefficient (Wildman–Crippen LogP) is 1.63. The number of aliphatic carboxylic acids is 1. The van der Waals surface area contributed by atoms with Gasteiger partial charge in [-0.25, -0.2) is 13.2 Å². The van der Waals surface area contributed by atoms with Crippen molar-refractivity contribution in [3.8, 4) is 0 Å². The summed E-state index contributed by atoms with van der Waals surface area (Å²) in [6.45, 7) is 1.42. The highest BCUT2D eigenvalue weighted by Crippen LogP contribution is 2.42. The van der Waals surface area contributed by atoms with E-state index in [1.807, 2.05) is 4.90 Å². The molecular weight excluding hydrogens is 290 g/mol. The number of likely N-dealkylation sites (tertiary alicyclic amines) is 1. The molecule has 1 fully saturated rings. The molecule has 2 heterocycles. The van der Waals surface area contributed by atoms with Gasteiger partial charge in [0.2, 0.25) is 0 Å². The maximum Gasteiger partial charge on any atom is 0.328 e. The minimum absolute atomic E-state index is 0.104. The number of piperidine rings is 1. The Morgan fingerprint density at radius 1 is 1.14 bits per heavy atom. The minimum Gasteiger partial charge on any atom is -0.480 e. The Morgan fingerprint density at radius 2 is 1.81 bits per heavy atom. The molecule has 21 heavy (non-hydrogen) atoms. The van der Waals surface area contributed by atoms with Crippen molar-refractivity contribution >= 4 is 15.8 Å². The summed E-state index contributed by atoms with van der Waals surface area (Å²) in [5.74, 6) is -1.04. The highest BCUT2D eigenvalue weighted by Gasteiger charge is 2.51. The van der Waals surface area contributed by atoms with E-state index in [0.29, 0.717) is 18.7 Å². The number of carbonyl (C=O) groups is 1. The van der Waals surface area contributed by atoms with Crippen LogP contribution in [0.2, 0.25) is 0 Å². The molecule has 0 radical (unpaired) electrons. The number of benzene rings is 1. The third-order valence-corrected chi connectivity index (χ3v) is 6.42. The lowest BCUT2D eigenvalue weighted by Gasteiger charge is -2.45. The summed E-state index contributed by atoms with van der Waals surface area (Å²) >= 11 is 0. The summed E-state index contributed by atoms with van der Waals surface area (Å²) in [5, 5.41) is 9.92. The maximum atomic E-state index is 12.3. The van der Waals surface area contributed by atoms with E-state index in [2.05, 4.69) is 0 Å². The second-order valence-electron chi connectivity index (χ2n) is 5.78. The molecule has 5 nitrogen and oxygen atoms in total. The van der Waals surface area contributed by atoms with Crippen LogP contribution in [0.15, 0.2) is 29.2 Å². The first-order valence-electron chi connectivity index (χ1n) is 7.29.